The first kappa shape index (κ1) is 21.8. The fourth-order valence-corrected chi connectivity index (χ4v) is 1.50. The van der Waals surface area contributed by atoms with Crippen LogP contribution in [0.4, 0.5) is 0 Å². The summed E-state index contributed by atoms with van der Waals surface area (Å²) in [6.07, 6.45) is -1.32. The lowest BCUT2D eigenvalue weighted by atomic mass is 10.1. The molecule has 0 aromatic rings. The van der Waals surface area contributed by atoms with E-state index < -0.39 is 73.6 Å². The SMILES string of the molecule is NC(=O)CC(NC(=O)C(N)CC(=O)O)C(=O)NCC(=O)NCC(=O)O. The minimum Gasteiger partial charge on any atom is -0.481 e. The van der Waals surface area contributed by atoms with Crippen LogP contribution in [0.1, 0.15) is 12.8 Å². The van der Waals surface area contributed by atoms with Crippen LogP contribution in [0, 0.1) is 0 Å². The summed E-state index contributed by atoms with van der Waals surface area (Å²) in [6, 6.07) is -2.93. The number of hydrogen-bond donors (Lipinski definition) is 7. The molecule has 0 fully saturated rings. The van der Waals surface area contributed by atoms with Gasteiger partial charge in [0.25, 0.3) is 0 Å². The number of carboxylic acid groups (broad SMARTS) is 2. The molecular formula is C12H19N5O8. The minimum atomic E-state index is -1.47. The van der Waals surface area contributed by atoms with Crippen LogP contribution in [0.5, 0.6) is 0 Å². The van der Waals surface area contributed by atoms with Gasteiger partial charge in [0.15, 0.2) is 0 Å². The van der Waals surface area contributed by atoms with E-state index in [2.05, 4.69) is 10.6 Å². The summed E-state index contributed by atoms with van der Waals surface area (Å²) < 4.78 is 0. The topological polar surface area (TPSA) is 231 Å². The Morgan fingerprint density at radius 1 is 0.840 bits per heavy atom. The van der Waals surface area contributed by atoms with Crippen LogP contribution >= 0.6 is 0 Å². The largest absolute Gasteiger partial charge is 0.481 e. The van der Waals surface area contributed by atoms with Crippen molar-refractivity contribution in [2.75, 3.05) is 13.1 Å². The zero-order valence-electron chi connectivity index (χ0n) is 13.0. The Morgan fingerprint density at radius 2 is 1.44 bits per heavy atom. The minimum absolute atomic E-state index is 0.613. The van der Waals surface area contributed by atoms with Gasteiger partial charge < -0.3 is 37.6 Å². The predicted octanol–water partition coefficient (Wildman–Crippen LogP) is -4.53. The van der Waals surface area contributed by atoms with Gasteiger partial charge in [-0.25, -0.2) is 0 Å². The predicted molar refractivity (Wildman–Crippen MR) is 79.6 cm³/mol. The van der Waals surface area contributed by atoms with Crippen molar-refractivity contribution in [3.63, 3.8) is 0 Å². The molecule has 0 heterocycles. The van der Waals surface area contributed by atoms with Gasteiger partial charge in [0.1, 0.15) is 12.6 Å². The van der Waals surface area contributed by atoms with Gasteiger partial charge >= 0.3 is 11.9 Å². The van der Waals surface area contributed by atoms with Crippen LogP contribution in [0.2, 0.25) is 0 Å². The molecule has 140 valence electrons. The van der Waals surface area contributed by atoms with E-state index in [1.807, 2.05) is 5.32 Å². The molecule has 0 rings (SSSR count). The highest BCUT2D eigenvalue weighted by atomic mass is 16.4. The van der Waals surface area contributed by atoms with E-state index in [0.29, 0.717) is 0 Å². The number of carbonyl (C=O) groups excluding carboxylic acids is 4. The molecule has 0 spiro atoms. The third kappa shape index (κ3) is 10.2. The molecule has 4 amide bonds. The molecule has 0 saturated carbocycles. The second kappa shape index (κ2) is 10.5. The summed E-state index contributed by atoms with van der Waals surface area (Å²) >= 11 is 0. The van der Waals surface area contributed by atoms with Crippen molar-refractivity contribution < 1.29 is 39.0 Å². The Bertz CT molecular complexity index is 564. The van der Waals surface area contributed by atoms with Crippen LogP contribution in [0.3, 0.4) is 0 Å². The highest BCUT2D eigenvalue weighted by molar-refractivity contribution is 5.95. The van der Waals surface area contributed by atoms with Crippen molar-refractivity contribution in [2.24, 2.45) is 11.5 Å². The highest BCUT2D eigenvalue weighted by Crippen LogP contribution is 1.96. The van der Waals surface area contributed by atoms with Crippen LogP contribution in [-0.4, -0.2) is 71.0 Å². The molecule has 25 heavy (non-hydrogen) atoms. The first-order chi connectivity index (χ1) is 11.5. The molecule has 2 atom stereocenters. The number of nitrogens with two attached hydrogens (primary N) is 2. The maximum atomic E-state index is 11.9. The van der Waals surface area contributed by atoms with Crippen molar-refractivity contribution in [1.82, 2.24) is 16.0 Å². The van der Waals surface area contributed by atoms with E-state index in [0.717, 1.165) is 0 Å². The normalized spacial score (nSPS) is 12.4. The molecule has 0 aromatic heterocycles. The van der Waals surface area contributed by atoms with Crippen LogP contribution in [-0.2, 0) is 28.8 Å². The van der Waals surface area contributed by atoms with E-state index >= 15 is 0 Å². The van der Waals surface area contributed by atoms with Crippen molar-refractivity contribution in [2.45, 2.75) is 24.9 Å². The molecule has 0 aliphatic carbocycles. The van der Waals surface area contributed by atoms with E-state index in [1.165, 1.54) is 0 Å². The number of aliphatic carboxylic acids is 2. The summed E-state index contributed by atoms with van der Waals surface area (Å²) in [5.41, 5.74) is 10.3. The van der Waals surface area contributed by atoms with Gasteiger partial charge in [-0.15, -0.1) is 0 Å². The van der Waals surface area contributed by atoms with Gasteiger partial charge in [-0.3, -0.25) is 28.8 Å². The van der Waals surface area contributed by atoms with Gasteiger partial charge in [0.05, 0.1) is 25.4 Å². The number of primary amides is 1. The van der Waals surface area contributed by atoms with E-state index in [-0.39, 0.29) is 0 Å². The van der Waals surface area contributed by atoms with Gasteiger partial charge in [0, 0.05) is 0 Å². The van der Waals surface area contributed by atoms with Gasteiger partial charge in [0.2, 0.25) is 23.6 Å². The molecule has 0 bridgehead atoms. The number of nitrogens with one attached hydrogen (secondary N) is 3. The summed E-state index contributed by atoms with van der Waals surface area (Å²) in [5, 5.41) is 23.1. The van der Waals surface area contributed by atoms with Crippen molar-refractivity contribution in [3.8, 4) is 0 Å². The third-order valence-corrected chi connectivity index (χ3v) is 2.63. The summed E-state index contributed by atoms with van der Waals surface area (Å²) in [6.45, 7) is -1.27. The second-order valence-corrected chi connectivity index (χ2v) is 4.82. The highest BCUT2D eigenvalue weighted by Gasteiger charge is 2.26. The monoisotopic (exact) mass is 361 g/mol. The lowest BCUT2D eigenvalue weighted by molar-refractivity contribution is -0.140. The third-order valence-electron chi connectivity index (χ3n) is 2.63. The maximum absolute atomic E-state index is 11.9. The number of rotatable bonds is 11. The molecule has 0 aliphatic heterocycles. The first-order valence-corrected chi connectivity index (χ1v) is 6.85. The standard InChI is InChI=1S/C12H19N5O8/c13-5(1-9(20)21)11(24)17-6(2-7(14)18)12(25)16-3-8(19)15-4-10(22)23/h5-6H,1-4,13H2,(H2,14,18)(H,15,19)(H,16,25)(H,17,24)(H,20,21)(H,22,23). The fourth-order valence-electron chi connectivity index (χ4n) is 1.50. The van der Waals surface area contributed by atoms with Crippen molar-refractivity contribution in [3.05, 3.63) is 0 Å². The lowest BCUT2D eigenvalue weighted by Gasteiger charge is -2.19. The van der Waals surface area contributed by atoms with Crippen LogP contribution in [0.15, 0.2) is 0 Å². The molecule has 0 aromatic carbocycles. The Labute approximate surface area is 141 Å². The molecule has 13 heteroatoms. The molecule has 0 saturated heterocycles. The van der Waals surface area contributed by atoms with Gasteiger partial charge in [-0.2, -0.15) is 0 Å². The van der Waals surface area contributed by atoms with Gasteiger partial charge in [-0.1, -0.05) is 0 Å². The summed E-state index contributed by atoms with van der Waals surface area (Å²) in [5.74, 6) is -6.34. The van der Waals surface area contributed by atoms with Crippen molar-refractivity contribution in [1.29, 1.82) is 0 Å². The second-order valence-electron chi connectivity index (χ2n) is 4.82. The Hall–Kier alpha value is -3.22. The molecule has 0 aliphatic rings. The van der Waals surface area contributed by atoms with Crippen molar-refractivity contribution >= 4 is 35.6 Å². The molecule has 2 unspecified atom stereocenters. The van der Waals surface area contributed by atoms with Crippen LogP contribution in [0.25, 0.3) is 0 Å². The number of amides is 4. The first-order valence-electron chi connectivity index (χ1n) is 6.85. The average molecular weight is 361 g/mol. The Kier molecular flexibility index (Phi) is 9.18. The van der Waals surface area contributed by atoms with E-state index in [9.17, 15) is 28.8 Å². The van der Waals surface area contributed by atoms with E-state index in [1.54, 1.807) is 0 Å². The molecule has 13 nitrogen and oxygen atoms in total. The maximum Gasteiger partial charge on any atom is 0.322 e. The van der Waals surface area contributed by atoms with Gasteiger partial charge in [-0.05, 0) is 0 Å². The molecular weight excluding hydrogens is 342 g/mol. The average Bonchev–Trinajstić information content (AvgIpc) is 2.48. The Balaban J connectivity index is 4.68. The zero-order valence-corrected chi connectivity index (χ0v) is 13.0. The molecule has 9 N–H and O–H groups in total. The quantitative estimate of drug-likeness (QED) is 0.187. The number of carbonyl (C=O) groups is 6. The lowest BCUT2D eigenvalue weighted by Crippen LogP contribution is -2.54. The summed E-state index contributed by atoms with van der Waals surface area (Å²) in [7, 11) is 0. The van der Waals surface area contributed by atoms with Crippen LogP contribution < -0.4 is 27.4 Å². The summed E-state index contributed by atoms with van der Waals surface area (Å²) in [4.78, 5) is 66.7. The fraction of sp³-hybridized carbons (Fsp3) is 0.500. The Morgan fingerprint density at radius 3 is 1.92 bits per heavy atom. The smallest absolute Gasteiger partial charge is 0.322 e. The molecule has 0 radical (unpaired) electrons. The zero-order chi connectivity index (χ0) is 19.6. The number of hydrogen-bond acceptors (Lipinski definition) is 7. The van der Waals surface area contributed by atoms with E-state index in [4.69, 9.17) is 21.7 Å². The number of carboxylic acids is 2.